The predicted octanol–water partition coefficient (Wildman–Crippen LogP) is 2.70. The van der Waals surface area contributed by atoms with Gasteiger partial charge in [0.2, 0.25) is 0 Å². The Bertz CT molecular complexity index is 261. The second kappa shape index (κ2) is 4.87. The first-order chi connectivity index (χ1) is 7.60. The molecule has 0 radical (unpaired) electrons. The number of nitrogens with one attached hydrogen (secondary N) is 1. The van der Waals surface area contributed by atoms with Gasteiger partial charge >= 0.3 is 0 Å². The van der Waals surface area contributed by atoms with Gasteiger partial charge in [-0.25, -0.2) is 0 Å². The van der Waals surface area contributed by atoms with Crippen LogP contribution in [0.1, 0.15) is 54.9 Å². The van der Waals surface area contributed by atoms with Crippen LogP contribution >= 0.6 is 0 Å². The third-order valence-electron chi connectivity index (χ3n) is 4.39. The summed E-state index contributed by atoms with van der Waals surface area (Å²) in [6, 6.07) is 0.312. The maximum absolute atomic E-state index is 6.17. The fourth-order valence-electron chi connectivity index (χ4n) is 3.21. The van der Waals surface area contributed by atoms with E-state index in [-0.39, 0.29) is 11.2 Å². The minimum Gasteiger partial charge on any atom is -0.369 e. The number of hydrazine groups is 1. The van der Waals surface area contributed by atoms with Gasteiger partial charge < -0.3 is 4.74 Å². The fraction of sp³-hybridized carbons (Fsp3) is 1.00. The number of ether oxygens (including phenoxy) is 1. The molecule has 3 nitrogen and oxygen atoms in total. The Morgan fingerprint density at radius 3 is 2.00 bits per heavy atom. The zero-order chi connectivity index (χ0) is 13.4. The molecule has 3 N–H and O–H groups in total. The molecule has 0 amide bonds. The summed E-state index contributed by atoms with van der Waals surface area (Å²) in [6.07, 6.45) is 1.06. The molecule has 0 spiro atoms. The van der Waals surface area contributed by atoms with E-state index in [0.29, 0.717) is 23.8 Å². The molecular weight excluding hydrogens is 212 g/mol. The highest BCUT2D eigenvalue weighted by atomic mass is 16.5. The number of hydrogen-bond donors (Lipinski definition) is 2. The van der Waals surface area contributed by atoms with Crippen LogP contribution in [-0.2, 0) is 4.74 Å². The lowest BCUT2D eigenvalue weighted by molar-refractivity contribution is -0.0800. The van der Waals surface area contributed by atoms with E-state index in [2.05, 4.69) is 53.9 Å². The van der Waals surface area contributed by atoms with Crippen molar-refractivity contribution in [3.05, 3.63) is 0 Å². The summed E-state index contributed by atoms with van der Waals surface area (Å²) in [7, 11) is 0. The Labute approximate surface area is 106 Å². The molecule has 0 aliphatic carbocycles. The molecule has 0 aromatic heterocycles. The summed E-state index contributed by atoms with van der Waals surface area (Å²) in [4.78, 5) is 0. The number of rotatable bonds is 4. The summed E-state index contributed by atoms with van der Waals surface area (Å²) in [5, 5.41) is 0. The van der Waals surface area contributed by atoms with Gasteiger partial charge in [-0.3, -0.25) is 11.3 Å². The standard InChI is InChI=1S/C14H30N2O/c1-9(2)10(3)12(16-15)11-8-13(4,5)17-14(11,6)7/h9-12,16H,8,15H2,1-7H3. The quantitative estimate of drug-likeness (QED) is 0.588. The molecule has 17 heavy (non-hydrogen) atoms. The van der Waals surface area contributed by atoms with Crippen molar-refractivity contribution in [2.45, 2.75) is 72.1 Å². The summed E-state index contributed by atoms with van der Waals surface area (Å²) in [6.45, 7) is 15.5. The largest absolute Gasteiger partial charge is 0.369 e. The zero-order valence-electron chi connectivity index (χ0n) is 12.5. The van der Waals surface area contributed by atoms with Crippen LogP contribution in [0, 0.1) is 17.8 Å². The topological polar surface area (TPSA) is 47.3 Å². The normalized spacial score (nSPS) is 30.5. The van der Waals surface area contributed by atoms with Crippen molar-refractivity contribution in [1.29, 1.82) is 0 Å². The molecule has 0 bridgehead atoms. The average Bonchev–Trinajstić information content (AvgIpc) is 2.35. The lowest BCUT2D eigenvalue weighted by Crippen LogP contribution is -2.51. The zero-order valence-corrected chi connectivity index (χ0v) is 12.5. The molecule has 1 saturated heterocycles. The molecule has 1 aliphatic heterocycles. The van der Waals surface area contributed by atoms with Gasteiger partial charge in [-0.1, -0.05) is 20.8 Å². The van der Waals surface area contributed by atoms with Crippen molar-refractivity contribution in [2.75, 3.05) is 0 Å². The second-order valence-electron chi connectivity index (χ2n) is 7.07. The van der Waals surface area contributed by atoms with Crippen LogP contribution in [0.2, 0.25) is 0 Å². The Kier molecular flexibility index (Phi) is 4.28. The van der Waals surface area contributed by atoms with Crippen molar-refractivity contribution in [3.63, 3.8) is 0 Å². The van der Waals surface area contributed by atoms with Gasteiger partial charge in [0, 0.05) is 12.0 Å². The molecule has 1 rings (SSSR count). The molecule has 0 saturated carbocycles. The molecule has 0 aromatic rings. The first kappa shape index (κ1) is 14.9. The second-order valence-corrected chi connectivity index (χ2v) is 7.07. The van der Waals surface area contributed by atoms with Crippen LogP contribution in [0.3, 0.4) is 0 Å². The van der Waals surface area contributed by atoms with Gasteiger partial charge in [0.25, 0.3) is 0 Å². The van der Waals surface area contributed by atoms with Gasteiger partial charge in [-0.15, -0.1) is 0 Å². The minimum atomic E-state index is -0.107. The van der Waals surface area contributed by atoms with Crippen molar-refractivity contribution in [1.82, 2.24) is 5.43 Å². The number of hydrogen-bond acceptors (Lipinski definition) is 3. The molecule has 3 heteroatoms. The Hall–Kier alpha value is -0.120. The first-order valence-corrected chi connectivity index (χ1v) is 6.77. The van der Waals surface area contributed by atoms with Gasteiger partial charge in [0.15, 0.2) is 0 Å². The van der Waals surface area contributed by atoms with E-state index in [4.69, 9.17) is 10.6 Å². The molecule has 1 aliphatic rings. The molecule has 3 atom stereocenters. The maximum Gasteiger partial charge on any atom is 0.0678 e. The SMILES string of the molecule is CC(C)C(C)C(NN)C1CC(C)(C)OC1(C)C. The third kappa shape index (κ3) is 3.21. The smallest absolute Gasteiger partial charge is 0.0678 e. The van der Waals surface area contributed by atoms with Gasteiger partial charge in [-0.2, -0.15) is 0 Å². The highest BCUT2D eigenvalue weighted by Crippen LogP contribution is 2.45. The van der Waals surface area contributed by atoms with E-state index in [9.17, 15) is 0 Å². The van der Waals surface area contributed by atoms with Crippen LogP contribution < -0.4 is 11.3 Å². The summed E-state index contributed by atoms with van der Waals surface area (Å²) < 4.78 is 6.17. The van der Waals surface area contributed by atoms with Crippen LogP contribution in [0.15, 0.2) is 0 Å². The van der Waals surface area contributed by atoms with Crippen LogP contribution in [0.5, 0.6) is 0 Å². The van der Waals surface area contributed by atoms with Crippen LogP contribution in [0.25, 0.3) is 0 Å². The Morgan fingerprint density at radius 2 is 1.71 bits per heavy atom. The molecule has 1 fully saturated rings. The van der Waals surface area contributed by atoms with E-state index in [0.717, 1.165) is 6.42 Å². The Balaban J connectivity index is 2.89. The summed E-state index contributed by atoms with van der Waals surface area (Å²) in [5.41, 5.74) is 2.89. The highest BCUT2D eigenvalue weighted by molar-refractivity contribution is 5.00. The van der Waals surface area contributed by atoms with E-state index >= 15 is 0 Å². The van der Waals surface area contributed by atoms with Crippen LogP contribution in [0.4, 0.5) is 0 Å². The monoisotopic (exact) mass is 242 g/mol. The first-order valence-electron chi connectivity index (χ1n) is 6.77. The lowest BCUT2D eigenvalue weighted by Gasteiger charge is -2.37. The van der Waals surface area contributed by atoms with Crippen molar-refractivity contribution in [3.8, 4) is 0 Å². The minimum absolute atomic E-state index is 0.0417. The number of nitrogens with two attached hydrogens (primary N) is 1. The van der Waals surface area contributed by atoms with E-state index < -0.39 is 0 Å². The fourth-order valence-corrected chi connectivity index (χ4v) is 3.21. The van der Waals surface area contributed by atoms with Gasteiger partial charge in [0.05, 0.1) is 11.2 Å². The van der Waals surface area contributed by atoms with E-state index in [1.165, 1.54) is 0 Å². The van der Waals surface area contributed by atoms with E-state index in [1.54, 1.807) is 0 Å². The lowest BCUT2D eigenvalue weighted by atomic mass is 9.74. The maximum atomic E-state index is 6.17. The van der Waals surface area contributed by atoms with Crippen molar-refractivity contribution < 1.29 is 4.74 Å². The van der Waals surface area contributed by atoms with E-state index in [1.807, 2.05) is 0 Å². The van der Waals surface area contributed by atoms with Crippen LogP contribution in [-0.4, -0.2) is 17.2 Å². The van der Waals surface area contributed by atoms with Gasteiger partial charge in [0.1, 0.15) is 0 Å². The Morgan fingerprint density at radius 1 is 1.18 bits per heavy atom. The molecule has 1 heterocycles. The molecule has 3 unspecified atom stereocenters. The molecular formula is C14H30N2O. The third-order valence-corrected chi connectivity index (χ3v) is 4.39. The summed E-state index contributed by atoms with van der Waals surface area (Å²) >= 11 is 0. The van der Waals surface area contributed by atoms with Crippen molar-refractivity contribution >= 4 is 0 Å². The van der Waals surface area contributed by atoms with Crippen molar-refractivity contribution in [2.24, 2.45) is 23.6 Å². The molecule has 0 aromatic carbocycles. The average molecular weight is 242 g/mol. The summed E-state index contributed by atoms with van der Waals surface area (Å²) in [5.74, 6) is 7.42. The molecule has 102 valence electrons. The predicted molar refractivity (Wildman–Crippen MR) is 72.5 cm³/mol. The highest BCUT2D eigenvalue weighted by Gasteiger charge is 2.50. The van der Waals surface area contributed by atoms with Gasteiger partial charge in [-0.05, 0) is 46.0 Å².